The molecule has 16 heavy (non-hydrogen) atoms. The number of rotatable bonds is 2. The Morgan fingerprint density at radius 3 is 2.31 bits per heavy atom. The Balaban J connectivity index is 2.45. The predicted molar refractivity (Wildman–Crippen MR) is 66.4 cm³/mol. The fraction of sp³-hybridized carbons (Fsp3) is 0.833. The number of aliphatic imine (C=N–C) groups is 1. The second-order valence-electron chi connectivity index (χ2n) is 5.39. The highest BCUT2D eigenvalue weighted by Gasteiger charge is 2.18. The minimum atomic E-state index is -0.151. The van der Waals surface area contributed by atoms with Crippen LogP contribution in [0.15, 0.2) is 4.99 Å². The zero-order chi connectivity index (χ0) is 12.2. The predicted octanol–water partition coefficient (Wildman–Crippen LogP) is 1.40. The molecule has 0 aromatic carbocycles. The maximum atomic E-state index is 11.8. The SMILES string of the molecule is CC(C)(C)C(N)=NCC(=O)N1CCCCC1. The molecule has 1 heterocycles. The number of nitrogens with two attached hydrogens (primary N) is 1. The first kappa shape index (κ1) is 13.0. The molecule has 0 aromatic heterocycles. The van der Waals surface area contributed by atoms with E-state index in [1.807, 2.05) is 25.7 Å². The number of hydrogen-bond donors (Lipinski definition) is 1. The quantitative estimate of drug-likeness (QED) is 0.570. The summed E-state index contributed by atoms with van der Waals surface area (Å²) in [6.45, 7) is 7.95. The van der Waals surface area contributed by atoms with E-state index in [0.717, 1.165) is 25.9 Å². The van der Waals surface area contributed by atoms with E-state index >= 15 is 0 Å². The van der Waals surface area contributed by atoms with Crippen LogP contribution in [-0.2, 0) is 4.79 Å². The van der Waals surface area contributed by atoms with Gasteiger partial charge in [-0.25, -0.2) is 0 Å². The van der Waals surface area contributed by atoms with Crippen LogP contribution >= 0.6 is 0 Å². The van der Waals surface area contributed by atoms with Crippen LogP contribution in [0.25, 0.3) is 0 Å². The van der Waals surface area contributed by atoms with Crippen LogP contribution in [0.4, 0.5) is 0 Å². The largest absolute Gasteiger partial charge is 0.387 e. The molecule has 0 bridgehead atoms. The maximum Gasteiger partial charge on any atom is 0.244 e. The van der Waals surface area contributed by atoms with Gasteiger partial charge in [-0.2, -0.15) is 0 Å². The molecule has 0 saturated carbocycles. The Kier molecular flexibility index (Phi) is 4.33. The molecule has 0 aliphatic carbocycles. The summed E-state index contributed by atoms with van der Waals surface area (Å²) in [6.07, 6.45) is 3.46. The van der Waals surface area contributed by atoms with Crippen molar-refractivity contribution in [1.82, 2.24) is 4.90 Å². The number of carbonyl (C=O) groups is 1. The van der Waals surface area contributed by atoms with Gasteiger partial charge in [0.2, 0.25) is 5.91 Å². The summed E-state index contributed by atoms with van der Waals surface area (Å²) in [5.41, 5.74) is 5.66. The van der Waals surface area contributed by atoms with E-state index in [-0.39, 0.29) is 17.9 Å². The summed E-state index contributed by atoms with van der Waals surface area (Å²) >= 11 is 0. The zero-order valence-corrected chi connectivity index (χ0v) is 10.6. The number of likely N-dealkylation sites (tertiary alicyclic amines) is 1. The van der Waals surface area contributed by atoms with E-state index in [0.29, 0.717) is 5.84 Å². The Hall–Kier alpha value is -1.06. The average molecular weight is 225 g/mol. The van der Waals surface area contributed by atoms with E-state index in [4.69, 9.17) is 5.73 Å². The van der Waals surface area contributed by atoms with Gasteiger partial charge in [0.05, 0.1) is 5.84 Å². The van der Waals surface area contributed by atoms with Crippen LogP contribution in [0, 0.1) is 5.41 Å². The first-order valence-corrected chi connectivity index (χ1v) is 5.99. The molecule has 1 amide bonds. The van der Waals surface area contributed by atoms with Crippen molar-refractivity contribution in [3.63, 3.8) is 0 Å². The van der Waals surface area contributed by atoms with Crippen molar-refractivity contribution in [2.45, 2.75) is 40.0 Å². The van der Waals surface area contributed by atoms with Gasteiger partial charge in [0.1, 0.15) is 6.54 Å². The molecule has 1 saturated heterocycles. The van der Waals surface area contributed by atoms with E-state index in [2.05, 4.69) is 4.99 Å². The van der Waals surface area contributed by atoms with Crippen molar-refractivity contribution in [1.29, 1.82) is 0 Å². The summed E-state index contributed by atoms with van der Waals surface area (Å²) in [4.78, 5) is 17.9. The standard InChI is InChI=1S/C12H23N3O/c1-12(2,3)11(13)14-9-10(16)15-7-5-4-6-8-15/h4-9H2,1-3H3,(H2,13,14). The van der Waals surface area contributed by atoms with Crippen LogP contribution in [0.3, 0.4) is 0 Å². The Bertz CT molecular complexity index is 272. The van der Waals surface area contributed by atoms with Gasteiger partial charge in [-0.05, 0) is 19.3 Å². The summed E-state index contributed by atoms with van der Waals surface area (Å²) in [6, 6.07) is 0. The number of hydrogen-bond acceptors (Lipinski definition) is 2. The van der Waals surface area contributed by atoms with E-state index in [1.165, 1.54) is 6.42 Å². The molecular formula is C12H23N3O. The minimum absolute atomic E-state index is 0.104. The topological polar surface area (TPSA) is 58.7 Å². The van der Waals surface area contributed by atoms with Crippen molar-refractivity contribution in [3.05, 3.63) is 0 Å². The Labute approximate surface area is 97.9 Å². The van der Waals surface area contributed by atoms with E-state index in [1.54, 1.807) is 0 Å². The summed E-state index contributed by atoms with van der Waals surface area (Å²) in [5.74, 6) is 0.657. The molecule has 0 atom stereocenters. The van der Waals surface area contributed by atoms with Gasteiger partial charge in [0.25, 0.3) is 0 Å². The first-order valence-electron chi connectivity index (χ1n) is 5.99. The molecule has 2 N–H and O–H groups in total. The van der Waals surface area contributed by atoms with Crippen molar-refractivity contribution in [3.8, 4) is 0 Å². The van der Waals surface area contributed by atoms with Gasteiger partial charge in [0, 0.05) is 18.5 Å². The van der Waals surface area contributed by atoms with Crippen LogP contribution in [-0.4, -0.2) is 36.3 Å². The molecule has 4 nitrogen and oxygen atoms in total. The molecular weight excluding hydrogens is 202 g/mol. The monoisotopic (exact) mass is 225 g/mol. The lowest BCUT2D eigenvalue weighted by Gasteiger charge is -2.26. The third-order valence-electron chi connectivity index (χ3n) is 2.86. The highest BCUT2D eigenvalue weighted by atomic mass is 16.2. The van der Waals surface area contributed by atoms with Gasteiger partial charge in [-0.1, -0.05) is 20.8 Å². The van der Waals surface area contributed by atoms with Crippen molar-refractivity contribution >= 4 is 11.7 Å². The number of carbonyl (C=O) groups excluding carboxylic acids is 1. The summed E-state index contributed by atoms with van der Waals surface area (Å²) < 4.78 is 0. The van der Waals surface area contributed by atoms with Gasteiger partial charge < -0.3 is 10.6 Å². The van der Waals surface area contributed by atoms with E-state index in [9.17, 15) is 4.79 Å². The van der Waals surface area contributed by atoms with Gasteiger partial charge in [0.15, 0.2) is 0 Å². The smallest absolute Gasteiger partial charge is 0.244 e. The van der Waals surface area contributed by atoms with Gasteiger partial charge >= 0.3 is 0 Å². The second-order valence-corrected chi connectivity index (χ2v) is 5.39. The molecule has 0 unspecified atom stereocenters. The van der Waals surface area contributed by atoms with Crippen molar-refractivity contribution < 1.29 is 4.79 Å². The van der Waals surface area contributed by atoms with E-state index < -0.39 is 0 Å². The summed E-state index contributed by atoms with van der Waals surface area (Å²) in [5, 5.41) is 0. The highest BCUT2D eigenvalue weighted by Crippen LogP contribution is 2.13. The lowest BCUT2D eigenvalue weighted by molar-refractivity contribution is -0.130. The zero-order valence-electron chi connectivity index (χ0n) is 10.6. The number of piperidine rings is 1. The normalized spacial score (nSPS) is 18.7. The van der Waals surface area contributed by atoms with Crippen LogP contribution in [0.5, 0.6) is 0 Å². The molecule has 1 aliphatic heterocycles. The van der Waals surface area contributed by atoms with Gasteiger partial charge in [-0.15, -0.1) is 0 Å². The molecule has 92 valence electrons. The second kappa shape index (κ2) is 5.32. The fourth-order valence-corrected chi connectivity index (χ4v) is 1.63. The maximum absolute atomic E-state index is 11.8. The molecule has 0 radical (unpaired) electrons. The molecule has 4 heteroatoms. The first-order chi connectivity index (χ1) is 7.41. The molecule has 0 spiro atoms. The lowest BCUT2D eigenvalue weighted by atomic mass is 9.95. The number of nitrogens with zero attached hydrogens (tertiary/aromatic N) is 2. The van der Waals surface area contributed by atoms with Gasteiger partial charge in [-0.3, -0.25) is 9.79 Å². The molecule has 0 aromatic rings. The fourth-order valence-electron chi connectivity index (χ4n) is 1.63. The Morgan fingerprint density at radius 1 is 1.25 bits per heavy atom. The number of amidine groups is 1. The van der Waals surface area contributed by atoms with Crippen LogP contribution in [0.2, 0.25) is 0 Å². The third kappa shape index (κ3) is 3.83. The van der Waals surface area contributed by atoms with Crippen molar-refractivity contribution in [2.24, 2.45) is 16.1 Å². The van der Waals surface area contributed by atoms with Crippen LogP contribution in [0.1, 0.15) is 40.0 Å². The van der Waals surface area contributed by atoms with Crippen LogP contribution < -0.4 is 5.73 Å². The average Bonchev–Trinajstić information content (AvgIpc) is 2.25. The van der Waals surface area contributed by atoms with Crippen molar-refractivity contribution in [2.75, 3.05) is 19.6 Å². The summed E-state index contributed by atoms with van der Waals surface area (Å²) in [7, 11) is 0. The molecule has 1 rings (SSSR count). The Morgan fingerprint density at radius 2 is 1.81 bits per heavy atom. The number of amides is 1. The highest BCUT2D eigenvalue weighted by molar-refractivity contribution is 5.88. The lowest BCUT2D eigenvalue weighted by Crippen LogP contribution is -2.38. The minimum Gasteiger partial charge on any atom is -0.387 e. The molecule has 1 fully saturated rings. The molecule has 1 aliphatic rings. The third-order valence-corrected chi connectivity index (χ3v) is 2.86.